The van der Waals surface area contributed by atoms with Crippen LogP contribution in [0.15, 0.2) is 47.8 Å². The third-order valence-corrected chi connectivity index (χ3v) is 5.16. The van der Waals surface area contributed by atoms with Crippen LogP contribution >= 0.6 is 11.8 Å². The first kappa shape index (κ1) is 20.0. The molecule has 0 fully saturated rings. The smallest absolute Gasteiger partial charge is 0.234 e. The first-order chi connectivity index (χ1) is 13.5. The molecule has 3 aromatic rings. The standard InChI is InChI=1S/C20H22FN5OS/c1-4-26-19(17-7-5-6-10-22-17)24-25-20(26)28-12-18(27)23-16-9-8-14(13(2)3)11-15(16)21/h5-11,13H,4,12H2,1-3H3,(H,23,27). The molecule has 0 aliphatic rings. The number of benzene rings is 1. The van der Waals surface area contributed by atoms with Gasteiger partial charge in [0.15, 0.2) is 11.0 Å². The third kappa shape index (κ3) is 4.56. The van der Waals surface area contributed by atoms with Crippen LogP contribution in [-0.2, 0) is 11.3 Å². The summed E-state index contributed by atoms with van der Waals surface area (Å²) in [6.45, 7) is 6.61. The Balaban J connectivity index is 1.66. The second kappa shape index (κ2) is 8.97. The quantitative estimate of drug-likeness (QED) is 0.598. The van der Waals surface area contributed by atoms with E-state index >= 15 is 0 Å². The van der Waals surface area contributed by atoms with Crippen LogP contribution in [0.1, 0.15) is 32.3 Å². The molecule has 6 nitrogen and oxygen atoms in total. The average Bonchev–Trinajstić information content (AvgIpc) is 3.11. The van der Waals surface area contributed by atoms with Gasteiger partial charge in [0.25, 0.3) is 0 Å². The monoisotopic (exact) mass is 399 g/mol. The zero-order valence-electron chi connectivity index (χ0n) is 16.0. The van der Waals surface area contributed by atoms with Crippen molar-refractivity contribution in [2.45, 2.75) is 38.4 Å². The van der Waals surface area contributed by atoms with Crippen LogP contribution in [0.4, 0.5) is 10.1 Å². The van der Waals surface area contributed by atoms with E-state index in [0.717, 1.165) is 11.3 Å². The molecule has 1 amide bonds. The third-order valence-electron chi connectivity index (χ3n) is 4.19. The number of halogens is 1. The molecule has 2 aromatic heterocycles. The van der Waals surface area contributed by atoms with Gasteiger partial charge in [-0.25, -0.2) is 4.39 Å². The van der Waals surface area contributed by atoms with Crippen LogP contribution in [0, 0.1) is 5.82 Å². The maximum Gasteiger partial charge on any atom is 0.234 e. The van der Waals surface area contributed by atoms with Crippen LogP contribution in [0.5, 0.6) is 0 Å². The summed E-state index contributed by atoms with van der Waals surface area (Å²) in [5, 5.41) is 11.6. The van der Waals surface area contributed by atoms with E-state index in [1.165, 1.54) is 17.8 Å². The van der Waals surface area contributed by atoms with Gasteiger partial charge in [-0.3, -0.25) is 9.78 Å². The Hall–Kier alpha value is -2.74. The van der Waals surface area contributed by atoms with Crippen LogP contribution in [0.25, 0.3) is 11.5 Å². The number of rotatable bonds is 7. The number of hydrogen-bond donors (Lipinski definition) is 1. The van der Waals surface area contributed by atoms with E-state index < -0.39 is 5.82 Å². The van der Waals surface area contributed by atoms with Crippen molar-refractivity contribution in [3.8, 4) is 11.5 Å². The topological polar surface area (TPSA) is 72.7 Å². The summed E-state index contributed by atoms with van der Waals surface area (Å²) in [5.41, 5.74) is 1.80. The lowest BCUT2D eigenvalue weighted by molar-refractivity contribution is -0.113. The van der Waals surface area contributed by atoms with E-state index in [9.17, 15) is 9.18 Å². The van der Waals surface area contributed by atoms with Crippen molar-refractivity contribution in [2.24, 2.45) is 0 Å². The van der Waals surface area contributed by atoms with Crippen molar-refractivity contribution in [3.63, 3.8) is 0 Å². The summed E-state index contributed by atoms with van der Waals surface area (Å²) in [4.78, 5) is 16.6. The molecule has 146 valence electrons. The van der Waals surface area contributed by atoms with Gasteiger partial charge in [-0.1, -0.05) is 37.7 Å². The van der Waals surface area contributed by atoms with E-state index in [1.54, 1.807) is 12.3 Å². The number of carbonyl (C=O) groups excluding carboxylic acids is 1. The number of anilines is 1. The van der Waals surface area contributed by atoms with E-state index in [-0.39, 0.29) is 23.3 Å². The fourth-order valence-electron chi connectivity index (χ4n) is 2.67. The molecule has 0 radical (unpaired) electrons. The maximum atomic E-state index is 14.2. The molecule has 0 saturated carbocycles. The van der Waals surface area contributed by atoms with Gasteiger partial charge >= 0.3 is 0 Å². The van der Waals surface area contributed by atoms with Gasteiger partial charge in [0.1, 0.15) is 11.5 Å². The Labute approximate surface area is 167 Å². The van der Waals surface area contributed by atoms with Gasteiger partial charge in [0, 0.05) is 12.7 Å². The molecule has 0 bridgehead atoms. The predicted molar refractivity (Wildman–Crippen MR) is 109 cm³/mol. The number of carbonyl (C=O) groups is 1. The fourth-order valence-corrected chi connectivity index (χ4v) is 3.48. The predicted octanol–water partition coefficient (Wildman–Crippen LogP) is 4.35. The van der Waals surface area contributed by atoms with Crippen molar-refractivity contribution >= 4 is 23.4 Å². The minimum Gasteiger partial charge on any atom is -0.323 e. The molecule has 0 spiro atoms. The van der Waals surface area contributed by atoms with Gasteiger partial charge in [0.2, 0.25) is 5.91 Å². The Morgan fingerprint density at radius 2 is 2.07 bits per heavy atom. The molecule has 0 saturated heterocycles. The number of aromatic nitrogens is 4. The first-order valence-electron chi connectivity index (χ1n) is 9.06. The number of hydrogen-bond acceptors (Lipinski definition) is 5. The summed E-state index contributed by atoms with van der Waals surface area (Å²) in [5.74, 6) is 0.251. The van der Waals surface area contributed by atoms with Gasteiger partial charge in [-0.15, -0.1) is 10.2 Å². The zero-order chi connectivity index (χ0) is 20.1. The molecule has 0 unspecified atom stereocenters. The van der Waals surface area contributed by atoms with E-state index in [4.69, 9.17) is 0 Å². The molecule has 1 aromatic carbocycles. The Morgan fingerprint density at radius 3 is 2.71 bits per heavy atom. The van der Waals surface area contributed by atoms with Crippen LogP contribution in [0.3, 0.4) is 0 Å². The largest absolute Gasteiger partial charge is 0.323 e. The summed E-state index contributed by atoms with van der Waals surface area (Å²) in [6.07, 6.45) is 1.70. The van der Waals surface area contributed by atoms with Gasteiger partial charge in [-0.2, -0.15) is 0 Å². The molecule has 8 heteroatoms. The Bertz CT molecular complexity index is 958. The highest BCUT2D eigenvalue weighted by Crippen LogP contribution is 2.24. The van der Waals surface area contributed by atoms with Gasteiger partial charge < -0.3 is 9.88 Å². The van der Waals surface area contributed by atoms with Crippen LogP contribution < -0.4 is 5.32 Å². The number of thioether (sulfide) groups is 1. The van der Waals surface area contributed by atoms with E-state index in [2.05, 4.69) is 20.5 Å². The normalized spacial score (nSPS) is 11.0. The molecule has 3 rings (SSSR count). The van der Waals surface area contributed by atoms with Crippen molar-refractivity contribution in [3.05, 3.63) is 54.0 Å². The molecule has 1 N–H and O–H groups in total. The zero-order valence-corrected chi connectivity index (χ0v) is 16.8. The molecule has 0 aliphatic heterocycles. The average molecular weight is 399 g/mol. The summed E-state index contributed by atoms with van der Waals surface area (Å²) in [7, 11) is 0. The lowest BCUT2D eigenvalue weighted by Gasteiger charge is -2.10. The highest BCUT2D eigenvalue weighted by Gasteiger charge is 2.16. The summed E-state index contributed by atoms with van der Waals surface area (Å²) >= 11 is 1.26. The van der Waals surface area contributed by atoms with Crippen LogP contribution in [-0.4, -0.2) is 31.4 Å². The van der Waals surface area contributed by atoms with E-state index in [1.807, 2.05) is 49.6 Å². The minimum absolute atomic E-state index is 0.103. The van der Waals surface area contributed by atoms with Crippen LogP contribution in [0.2, 0.25) is 0 Å². The minimum atomic E-state index is -0.432. The number of nitrogens with zero attached hydrogens (tertiary/aromatic N) is 4. The second-order valence-electron chi connectivity index (χ2n) is 6.50. The van der Waals surface area contributed by atoms with Gasteiger partial charge in [-0.05, 0) is 42.7 Å². The molecular weight excluding hydrogens is 377 g/mol. The number of amides is 1. The van der Waals surface area contributed by atoms with Crippen molar-refractivity contribution in [1.29, 1.82) is 0 Å². The second-order valence-corrected chi connectivity index (χ2v) is 7.44. The highest BCUT2D eigenvalue weighted by atomic mass is 32.2. The molecule has 0 aliphatic carbocycles. The lowest BCUT2D eigenvalue weighted by Crippen LogP contribution is -2.15. The highest BCUT2D eigenvalue weighted by molar-refractivity contribution is 7.99. The number of nitrogens with one attached hydrogen (secondary N) is 1. The van der Waals surface area contributed by atoms with Gasteiger partial charge in [0.05, 0.1) is 11.4 Å². The van der Waals surface area contributed by atoms with E-state index in [0.29, 0.717) is 17.5 Å². The number of pyridine rings is 1. The first-order valence-corrected chi connectivity index (χ1v) is 10.0. The Kier molecular flexibility index (Phi) is 6.41. The lowest BCUT2D eigenvalue weighted by atomic mass is 10.0. The summed E-state index contributed by atoms with van der Waals surface area (Å²) < 4.78 is 16.1. The SMILES string of the molecule is CCn1c(SCC(=O)Nc2ccc(C(C)C)cc2F)nnc1-c1ccccn1. The van der Waals surface area contributed by atoms with Crippen molar-refractivity contribution in [1.82, 2.24) is 19.7 Å². The Morgan fingerprint density at radius 1 is 1.25 bits per heavy atom. The molecule has 0 atom stereocenters. The van der Waals surface area contributed by atoms with Crippen molar-refractivity contribution < 1.29 is 9.18 Å². The molecule has 2 heterocycles. The fraction of sp³-hybridized carbons (Fsp3) is 0.300. The molecular formula is C20H22FN5OS. The molecule has 28 heavy (non-hydrogen) atoms. The summed E-state index contributed by atoms with van der Waals surface area (Å²) in [6, 6.07) is 10.5. The van der Waals surface area contributed by atoms with Crippen molar-refractivity contribution in [2.75, 3.05) is 11.1 Å². The maximum absolute atomic E-state index is 14.2.